The summed E-state index contributed by atoms with van der Waals surface area (Å²) in [6.07, 6.45) is 1.07. The molecule has 0 aliphatic carbocycles. The van der Waals surface area contributed by atoms with Crippen LogP contribution in [0, 0.1) is 10.1 Å². The molecular weight excluding hydrogens is 368 g/mol. The number of nitro benzene ring substituents is 1. The topological polar surface area (TPSA) is 123 Å². The van der Waals surface area contributed by atoms with Gasteiger partial charge >= 0.3 is 0 Å². The van der Waals surface area contributed by atoms with E-state index in [0.29, 0.717) is 5.56 Å². The van der Waals surface area contributed by atoms with E-state index in [1.807, 2.05) is 0 Å². The summed E-state index contributed by atoms with van der Waals surface area (Å²) in [6.45, 7) is 1.56. The lowest BCUT2D eigenvalue weighted by Gasteiger charge is -2.15. The first-order valence-electron chi connectivity index (χ1n) is 7.08. The number of rotatable bonds is 6. The van der Waals surface area contributed by atoms with Crippen LogP contribution in [0.25, 0.3) is 0 Å². The van der Waals surface area contributed by atoms with Gasteiger partial charge in [-0.3, -0.25) is 10.1 Å². The molecule has 10 heteroatoms. The lowest BCUT2D eigenvalue weighted by atomic mass is 10.1. The molecule has 0 saturated carbocycles. The minimum absolute atomic E-state index is 0.116. The second-order valence-electron chi connectivity index (χ2n) is 5.41. The zero-order valence-electron chi connectivity index (χ0n) is 13.4. The van der Waals surface area contributed by atoms with Crippen LogP contribution in [-0.2, 0) is 19.9 Å². The van der Waals surface area contributed by atoms with Gasteiger partial charge < -0.3 is 0 Å². The first-order valence-corrected chi connectivity index (χ1v) is 10.5. The summed E-state index contributed by atoms with van der Waals surface area (Å²) < 4.78 is 50.2. The smallest absolute Gasteiger partial charge is 0.258 e. The average molecular weight is 384 g/mol. The Hall–Kier alpha value is -2.30. The second kappa shape index (κ2) is 6.90. The normalized spacial score (nSPS) is 13.4. The molecular formula is C15H16N2O6S2. The van der Waals surface area contributed by atoms with Crippen molar-refractivity contribution in [3.05, 3.63) is 64.2 Å². The molecule has 2 aromatic rings. The van der Waals surface area contributed by atoms with Crippen LogP contribution in [0.2, 0.25) is 0 Å². The Morgan fingerprint density at radius 2 is 1.56 bits per heavy atom. The molecule has 0 aromatic heterocycles. The van der Waals surface area contributed by atoms with Crippen molar-refractivity contribution in [1.29, 1.82) is 0 Å². The largest absolute Gasteiger partial charge is 0.289 e. The van der Waals surface area contributed by atoms with Gasteiger partial charge in [0, 0.05) is 18.4 Å². The van der Waals surface area contributed by atoms with E-state index in [-0.39, 0.29) is 4.90 Å². The summed E-state index contributed by atoms with van der Waals surface area (Å²) in [5.74, 6) is 0. The SMILES string of the molecule is C[C@@H](NS(=O)(=O)c1ccccc1[N+](=O)[O-])c1ccc(S(C)(=O)=O)cc1. The van der Waals surface area contributed by atoms with Crippen LogP contribution < -0.4 is 4.72 Å². The molecule has 0 amide bonds. The van der Waals surface area contributed by atoms with Crippen LogP contribution in [-0.4, -0.2) is 28.0 Å². The van der Waals surface area contributed by atoms with Crippen LogP contribution >= 0.6 is 0 Å². The Bertz CT molecular complexity index is 999. The van der Waals surface area contributed by atoms with E-state index in [1.54, 1.807) is 6.92 Å². The van der Waals surface area contributed by atoms with Gasteiger partial charge in [-0.2, -0.15) is 0 Å². The molecule has 25 heavy (non-hydrogen) atoms. The van der Waals surface area contributed by atoms with Crippen LogP contribution in [0.5, 0.6) is 0 Å². The predicted octanol–water partition coefficient (Wildman–Crippen LogP) is 2.04. The van der Waals surface area contributed by atoms with Gasteiger partial charge in [0.15, 0.2) is 14.7 Å². The molecule has 0 heterocycles. The van der Waals surface area contributed by atoms with Gasteiger partial charge in [0.05, 0.1) is 9.82 Å². The Labute approximate surface area is 145 Å². The van der Waals surface area contributed by atoms with Crippen molar-refractivity contribution < 1.29 is 21.8 Å². The number of hydrogen-bond acceptors (Lipinski definition) is 6. The van der Waals surface area contributed by atoms with Crippen molar-refractivity contribution in [3.63, 3.8) is 0 Å². The summed E-state index contributed by atoms with van der Waals surface area (Å²) in [4.78, 5) is 9.93. The van der Waals surface area contributed by atoms with Gasteiger partial charge in [-0.1, -0.05) is 24.3 Å². The highest BCUT2D eigenvalue weighted by Crippen LogP contribution is 2.25. The Balaban J connectivity index is 2.31. The first kappa shape index (κ1) is 19.0. The number of nitrogens with zero attached hydrogens (tertiary/aromatic N) is 1. The summed E-state index contributed by atoms with van der Waals surface area (Å²) in [5, 5.41) is 11.0. The summed E-state index contributed by atoms with van der Waals surface area (Å²) >= 11 is 0. The third-order valence-electron chi connectivity index (χ3n) is 3.49. The molecule has 0 aliphatic rings. The Morgan fingerprint density at radius 1 is 1.00 bits per heavy atom. The molecule has 134 valence electrons. The van der Waals surface area contributed by atoms with Gasteiger partial charge in [0.1, 0.15) is 0 Å². The second-order valence-corrected chi connectivity index (χ2v) is 9.11. The highest BCUT2D eigenvalue weighted by molar-refractivity contribution is 7.90. The van der Waals surface area contributed by atoms with E-state index in [4.69, 9.17) is 0 Å². The highest BCUT2D eigenvalue weighted by atomic mass is 32.2. The molecule has 1 N–H and O–H groups in total. The summed E-state index contributed by atoms with van der Waals surface area (Å²) in [5.41, 5.74) is 0.00387. The number of sulfonamides is 1. The Morgan fingerprint density at radius 3 is 2.08 bits per heavy atom. The molecule has 1 atom stereocenters. The van der Waals surface area contributed by atoms with Gasteiger partial charge in [-0.25, -0.2) is 21.6 Å². The number of hydrogen-bond donors (Lipinski definition) is 1. The van der Waals surface area contributed by atoms with E-state index < -0.39 is 41.4 Å². The first-order chi connectivity index (χ1) is 11.5. The van der Waals surface area contributed by atoms with Crippen molar-refractivity contribution in [2.75, 3.05) is 6.26 Å². The van der Waals surface area contributed by atoms with E-state index in [9.17, 15) is 26.9 Å². The molecule has 0 fully saturated rings. The van der Waals surface area contributed by atoms with E-state index in [2.05, 4.69) is 4.72 Å². The minimum Gasteiger partial charge on any atom is -0.258 e. The Kier molecular flexibility index (Phi) is 5.26. The molecule has 0 unspecified atom stereocenters. The number of nitrogens with one attached hydrogen (secondary N) is 1. The van der Waals surface area contributed by atoms with Crippen LogP contribution in [0.4, 0.5) is 5.69 Å². The van der Waals surface area contributed by atoms with E-state index in [1.165, 1.54) is 36.4 Å². The maximum Gasteiger partial charge on any atom is 0.289 e. The van der Waals surface area contributed by atoms with Crippen LogP contribution in [0.15, 0.2) is 58.3 Å². The molecule has 0 spiro atoms. The maximum absolute atomic E-state index is 12.5. The molecule has 8 nitrogen and oxygen atoms in total. The fourth-order valence-corrected chi connectivity index (χ4v) is 4.24. The van der Waals surface area contributed by atoms with Gasteiger partial charge in [0.25, 0.3) is 5.69 Å². The third kappa shape index (κ3) is 4.41. The van der Waals surface area contributed by atoms with Crippen molar-refractivity contribution in [3.8, 4) is 0 Å². The quantitative estimate of drug-likeness (QED) is 0.600. The third-order valence-corrected chi connectivity index (χ3v) is 6.21. The van der Waals surface area contributed by atoms with Crippen LogP contribution in [0.1, 0.15) is 18.5 Å². The van der Waals surface area contributed by atoms with Crippen LogP contribution in [0.3, 0.4) is 0 Å². The van der Waals surface area contributed by atoms with Crippen molar-refractivity contribution in [2.24, 2.45) is 0 Å². The number of nitro groups is 1. The maximum atomic E-state index is 12.5. The van der Waals surface area contributed by atoms with Crippen molar-refractivity contribution in [2.45, 2.75) is 22.8 Å². The lowest BCUT2D eigenvalue weighted by molar-refractivity contribution is -0.387. The molecule has 2 aromatic carbocycles. The van der Waals surface area contributed by atoms with Crippen molar-refractivity contribution in [1.82, 2.24) is 4.72 Å². The van der Waals surface area contributed by atoms with Gasteiger partial charge in [-0.15, -0.1) is 0 Å². The molecule has 0 radical (unpaired) electrons. The fraction of sp³-hybridized carbons (Fsp3) is 0.200. The number of sulfone groups is 1. The molecule has 0 aliphatic heterocycles. The fourth-order valence-electron chi connectivity index (χ4n) is 2.20. The minimum atomic E-state index is -4.13. The highest BCUT2D eigenvalue weighted by Gasteiger charge is 2.26. The molecule has 0 saturated heterocycles. The number of benzene rings is 2. The predicted molar refractivity (Wildman–Crippen MR) is 91.4 cm³/mol. The summed E-state index contributed by atoms with van der Waals surface area (Å²) in [7, 11) is -7.48. The molecule has 0 bridgehead atoms. The summed E-state index contributed by atoms with van der Waals surface area (Å²) in [6, 6.07) is 10.1. The van der Waals surface area contributed by atoms with Gasteiger partial charge in [-0.05, 0) is 30.7 Å². The average Bonchev–Trinajstić information content (AvgIpc) is 2.53. The molecule has 2 rings (SSSR count). The monoisotopic (exact) mass is 384 g/mol. The van der Waals surface area contributed by atoms with E-state index >= 15 is 0 Å². The standard InChI is InChI=1S/C15H16N2O6S2/c1-11(12-7-9-13(10-8-12)24(2,20)21)16-25(22,23)15-6-4-3-5-14(15)17(18)19/h3-11,16H,1-2H3/t11-/m1/s1. The van der Waals surface area contributed by atoms with Crippen molar-refractivity contribution >= 4 is 25.5 Å². The van der Waals surface area contributed by atoms with E-state index in [0.717, 1.165) is 18.4 Å². The van der Waals surface area contributed by atoms with Gasteiger partial charge in [0.2, 0.25) is 10.0 Å². The lowest BCUT2D eigenvalue weighted by Crippen LogP contribution is -2.27. The zero-order chi connectivity index (χ0) is 18.8. The zero-order valence-corrected chi connectivity index (χ0v) is 15.0. The number of para-hydroxylation sites is 1.